The molecule has 1 aliphatic heterocycles. The number of carbonyl (C=O) groups is 3. The molecule has 2 heterocycles. The van der Waals surface area contributed by atoms with E-state index in [1.54, 1.807) is 24.0 Å². The summed E-state index contributed by atoms with van der Waals surface area (Å²) < 4.78 is 10.9. The van der Waals surface area contributed by atoms with Crippen LogP contribution in [0.2, 0.25) is 0 Å². The molecule has 2 rings (SSSR count). The molecule has 0 aliphatic carbocycles. The molecular weight excluding hydrogens is 386 g/mol. The van der Waals surface area contributed by atoms with E-state index < -0.39 is 5.97 Å². The molecule has 1 aliphatic rings. The highest BCUT2D eigenvalue weighted by atomic mass is 79.9. The number of thiophene rings is 1. The number of hydrogen-bond donors (Lipinski definition) is 0. The summed E-state index contributed by atoms with van der Waals surface area (Å²) in [6.07, 6.45) is 1.16. The summed E-state index contributed by atoms with van der Waals surface area (Å²) in [7, 11) is 0. The lowest BCUT2D eigenvalue weighted by Gasteiger charge is -2.30. The first-order valence-electron chi connectivity index (χ1n) is 7.38. The number of esters is 2. The fourth-order valence-electron chi connectivity index (χ4n) is 2.34. The Bertz CT molecular complexity index is 580. The van der Waals surface area contributed by atoms with Gasteiger partial charge in [0, 0.05) is 13.1 Å². The van der Waals surface area contributed by atoms with Crippen molar-refractivity contribution in [2.75, 3.05) is 26.3 Å². The van der Waals surface area contributed by atoms with Crippen molar-refractivity contribution in [3.8, 4) is 0 Å². The average molecular weight is 404 g/mol. The lowest BCUT2D eigenvalue weighted by atomic mass is 9.97. The molecule has 23 heavy (non-hydrogen) atoms. The van der Waals surface area contributed by atoms with Crippen molar-refractivity contribution in [2.24, 2.45) is 5.92 Å². The molecule has 0 atom stereocenters. The van der Waals surface area contributed by atoms with E-state index in [1.165, 1.54) is 11.3 Å². The molecular formula is C15H18BrNO5S. The van der Waals surface area contributed by atoms with Crippen molar-refractivity contribution in [3.05, 3.63) is 20.8 Å². The van der Waals surface area contributed by atoms with Crippen LogP contribution in [0.1, 0.15) is 29.4 Å². The second-order valence-electron chi connectivity index (χ2n) is 5.09. The largest absolute Gasteiger partial charge is 0.466 e. The Balaban J connectivity index is 1.75. The molecule has 1 aromatic rings. The molecule has 0 radical (unpaired) electrons. The maximum absolute atomic E-state index is 12.1. The van der Waals surface area contributed by atoms with E-state index in [0.717, 1.165) is 3.79 Å². The van der Waals surface area contributed by atoms with Gasteiger partial charge in [-0.15, -0.1) is 11.3 Å². The van der Waals surface area contributed by atoms with Crippen LogP contribution in [0.15, 0.2) is 15.9 Å². The molecule has 126 valence electrons. The van der Waals surface area contributed by atoms with Crippen LogP contribution < -0.4 is 0 Å². The summed E-state index contributed by atoms with van der Waals surface area (Å²) in [5.41, 5.74) is 0. The van der Waals surface area contributed by atoms with Gasteiger partial charge in [0.25, 0.3) is 5.91 Å². The molecule has 0 aromatic carbocycles. The van der Waals surface area contributed by atoms with Gasteiger partial charge < -0.3 is 14.4 Å². The first-order valence-corrected chi connectivity index (χ1v) is 8.99. The second-order valence-corrected chi connectivity index (χ2v) is 7.55. The van der Waals surface area contributed by atoms with Gasteiger partial charge in [-0.05, 0) is 47.8 Å². The molecule has 6 nitrogen and oxygen atoms in total. The third-order valence-electron chi connectivity index (χ3n) is 3.57. The van der Waals surface area contributed by atoms with E-state index in [0.29, 0.717) is 37.4 Å². The molecule has 1 saturated heterocycles. The minimum atomic E-state index is -0.504. The Kier molecular flexibility index (Phi) is 6.59. The fraction of sp³-hybridized carbons (Fsp3) is 0.533. The van der Waals surface area contributed by atoms with Crippen molar-refractivity contribution in [3.63, 3.8) is 0 Å². The van der Waals surface area contributed by atoms with Crippen LogP contribution in [0.5, 0.6) is 0 Å². The third kappa shape index (κ3) is 5.04. The number of carbonyl (C=O) groups excluding carboxylic acids is 3. The monoisotopic (exact) mass is 403 g/mol. The molecule has 0 unspecified atom stereocenters. The average Bonchev–Trinajstić information content (AvgIpc) is 2.99. The minimum Gasteiger partial charge on any atom is -0.466 e. The molecule has 1 fully saturated rings. The van der Waals surface area contributed by atoms with Gasteiger partial charge in [0.05, 0.1) is 16.3 Å². The smallest absolute Gasteiger partial charge is 0.348 e. The lowest BCUT2D eigenvalue weighted by molar-refractivity contribution is -0.151. The quantitative estimate of drug-likeness (QED) is 0.705. The molecule has 0 spiro atoms. The molecule has 0 bridgehead atoms. The second kappa shape index (κ2) is 8.44. The maximum Gasteiger partial charge on any atom is 0.348 e. The van der Waals surface area contributed by atoms with Gasteiger partial charge in [0.1, 0.15) is 4.88 Å². The maximum atomic E-state index is 12.1. The Labute approximate surface area is 146 Å². The summed E-state index contributed by atoms with van der Waals surface area (Å²) in [5.74, 6) is -1.09. The van der Waals surface area contributed by atoms with Gasteiger partial charge >= 0.3 is 11.9 Å². The van der Waals surface area contributed by atoms with Crippen molar-refractivity contribution >= 4 is 45.1 Å². The van der Waals surface area contributed by atoms with Crippen LogP contribution >= 0.6 is 27.3 Å². The summed E-state index contributed by atoms with van der Waals surface area (Å²) in [5, 5.41) is 0. The number of likely N-dealkylation sites (tertiary alicyclic amines) is 1. The molecule has 0 saturated carbocycles. The molecule has 1 amide bonds. The van der Waals surface area contributed by atoms with Gasteiger partial charge in [-0.2, -0.15) is 0 Å². The van der Waals surface area contributed by atoms with Crippen molar-refractivity contribution in [1.82, 2.24) is 4.90 Å². The summed E-state index contributed by atoms with van der Waals surface area (Å²) in [6, 6.07) is 3.40. The van der Waals surface area contributed by atoms with Gasteiger partial charge in [-0.25, -0.2) is 4.79 Å². The summed E-state index contributed by atoms with van der Waals surface area (Å²) in [6.45, 7) is 2.82. The zero-order valence-electron chi connectivity index (χ0n) is 12.7. The molecule has 0 N–H and O–H groups in total. The number of nitrogens with zero attached hydrogens (tertiary/aromatic N) is 1. The van der Waals surface area contributed by atoms with E-state index in [-0.39, 0.29) is 24.4 Å². The molecule has 8 heteroatoms. The van der Waals surface area contributed by atoms with Gasteiger partial charge in [-0.3, -0.25) is 9.59 Å². The Hall–Kier alpha value is -1.41. The van der Waals surface area contributed by atoms with Gasteiger partial charge in [-0.1, -0.05) is 0 Å². The first kappa shape index (κ1) is 17.9. The number of ether oxygens (including phenoxy) is 2. The summed E-state index contributed by atoms with van der Waals surface area (Å²) in [4.78, 5) is 37.6. The number of halogens is 1. The highest BCUT2D eigenvalue weighted by molar-refractivity contribution is 9.11. The van der Waals surface area contributed by atoms with Crippen LogP contribution in [0.3, 0.4) is 0 Å². The van der Waals surface area contributed by atoms with E-state index in [1.807, 2.05) is 0 Å². The highest BCUT2D eigenvalue weighted by Gasteiger charge is 2.28. The van der Waals surface area contributed by atoms with Crippen LogP contribution in [-0.2, 0) is 19.1 Å². The third-order valence-corrected chi connectivity index (χ3v) is 5.17. The zero-order chi connectivity index (χ0) is 16.8. The summed E-state index contributed by atoms with van der Waals surface area (Å²) >= 11 is 4.53. The fourth-order valence-corrected chi connectivity index (χ4v) is 3.62. The molecule has 1 aromatic heterocycles. The minimum absolute atomic E-state index is 0.148. The predicted octanol–water partition coefficient (Wildman–Crippen LogP) is 2.47. The number of rotatable bonds is 5. The van der Waals surface area contributed by atoms with Crippen LogP contribution in [0, 0.1) is 5.92 Å². The van der Waals surface area contributed by atoms with E-state index >= 15 is 0 Å². The Morgan fingerprint density at radius 3 is 2.52 bits per heavy atom. The Morgan fingerprint density at radius 2 is 1.96 bits per heavy atom. The topological polar surface area (TPSA) is 72.9 Å². The van der Waals surface area contributed by atoms with E-state index in [9.17, 15) is 14.4 Å². The van der Waals surface area contributed by atoms with Crippen LogP contribution in [-0.4, -0.2) is 49.0 Å². The number of amides is 1. The van der Waals surface area contributed by atoms with Crippen molar-refractivity contribution < 1.29 is 23.9 Å². The first-order chi connectivity index (χ1) is 11.0. The normalized spacial score (nSPS) is 15.3. The number of hydrogen-bond acceptors (Lipinski definition) is 6. The highest BCUT2D eigenvalue weighted by Crippen LogP contribution is 2.23. The SMILES string of the molecule is CCOC(=O)C1CCN(C(=O)COC(=O)c2ccc(Br)s2)CC1. The van der Waals surface area contributed by atoms with Crippen LogP contribution in [0.25, 0.3) is 0 Å². The zero-order valence-corrected chi connectivity index (χ0v) is 15.2. The van der Waals surface area contributed by atoms with Gasteiger partial charge in [0.2, 0.25) is 0 Å². The lowest BCUT2D eigenvalue weighted by Crippen LogP contribution is -2.42. The Morgan fingerprint density at radius 1 is 1.26 bits per heavy atom. The predicted molar refractivity (Wildman–Crippen MR) is 88.2 cm³/mol. The van der Waals surface area contributed by atoms with Crippen molar-refractivity contribution in [2.45, 2.75) is 19.8 Å². The van der Waals surface area contributed by atoms with Crippen LogP contribution in [0.4, 0.5) is 0 Å². The standard InChI is InChI=1S/C15H18BrNO5S/c1-2-21-14(19)10-5-7-17(8-6-10)13(18)9-22-15(20)11-3-4-12(16)23-11/h3-4,10H,2,5-9H2,1H3. The number of piperidine rings is 1. The van der Waals surface area contributed by atoms with E-state index in [4.69, 9.17) is 9.47 Å². The van der Waals surface area contributed by atoms with Crippen molar-refractivity contribution in [1.29, 1.82) is 0 Å². The van der Waals surface area contributed by atoms with E-state index in [2.05, 4.69) is 15.9 Å². The van der Waals surface area contributed by atoms with Gasteiger partial charge in [0.15, 0.2) is 6.61 Å².